The Morgan fingerprint density at radius 2 is 2.50 bits per heavy atom. The van der Waals surface area contributed by atoms with Crippen LogP contribution in [0.2, 0.25) is 0 Å². The number of nitrogens with zero attached hydrogens (tertiary/aromatic N) is 2. The molecule has 1 saturated heterocycles. The average molecular weight is 193 g/mol. The zero-order chi connectivity index (χ0) is 9.97. The van der Waals surface area contributed by atoms with Crippen LogP contribution in [-0.4, -0.2) is 22.6 Å². The van der Waals surface area contributed by atoms with Crippen molar-refractivity contribution < 1.29 is 0 Å². The lowest BCUT2D eigenvalue weighted by molar-refractivity contribution is 0.269. The summed E-state index contributed by atoms with van der Waals surface area (Å²) in [7, 11) is 0. The monoisotopic (exact) mass is 193 g/mol. The van der Waals surface area contributed by atoms with Crippen LogP contribution in [0.25, 0.3) is 0 Å². The van der Waals surface area contributed by atoms with Crippen LogP contribution in [0.4, 0.5) is 0 Å². The predicted octanol–water partition coefficient (Wildman–Crippen LogP) is 1.62. The van der Waals surface area contributed by atoms with Gasteiger partial charge in [0, 0.05) is 24.9 Å². The van der Waals surface area contributed by atoms with E-state index >= 15 is 0 Å². The molecule has 1 fully saturated rings. The van der Waals surface area contributed by atoms with Gasteiger partial charge in [-0.1, -0.05) is 13.8 Å². The van der Waals surface area contributed by atoms with Crippen LogP contribution in [0.5, 0.6) is 0 Å². The molecule has 1 N–H and O–H groups in total. The van der Waals surface area contributed by atoms with Crippen molar-refractivity contribution in [3.63, 3.8) is 0 Å². The van der Waals surface area contributed by atoms with E-state index in [1.807, 2.05) is 6.20 Å². The summed E-state index contributed by atoms with van der Waals surface area (Å²) in [4.78, 5) is 4.39. The van der Waals surface area contributed by atoms with Crippen LogP contribution in [0.1, 0.15) is 32.1 Å². The molecule has 3 nitrogen and oxygen atoms in total. The van der Waals surface area contributed by atoms with Crippen molar-refractivity contribution in [3.05, 3.63) is 18.2 Å². The number of rotatable bonds is 2. The second-order valence-corrected chi connectivity index (χ2v) is 4.14. The van der Waals surface area contributed by atoms with Crippen molar-refractivity contribution in [1.82, 2.24) is 14.9 Å². The minimum absolute atomic E-state index is 0.647. The smallest absolute Gasteiger partial charge is 0.108 e. The van der Waals surface area contributed by atoms with E-state index in [0.717, 1.165) is 19.5 Å². The predicted molar refractivity (Wildman–Crippen MR) is 57.3 cm³/mol. The molecule has 0 bridgehead atoms. The van der Waals surface area contributed by atoms with Gasteiger partial charge in [-0.05, 0) is 25.4 Å². The molecular formula is C11H19N3. The molecule has 1 aromatic heterocycles. The summed E-state index contributed by atoms with van der Waals surface area (Å²) in [6.07, 6.45) is 6.31. The summed E-state index contributed by atoms with van der Waals surface area (Å²) < 4.78 is 2.37. The summed E-state index contributed by atoms with van der Waals surface area (Å²) >= 11 is 0. The summed E-state index contributed by atoms with van der Waals surface area (Å²) in [6.45, 7) is 6.75. The number of piperidine rings is 1. The molecule has 2 unspecified atom stereocenters. The Bertz CT molecular complexity index is 292. The molecule has 0 saturated carbocycles. The van der Waals surface area contributed by atoms with Gasteiger partial charge in [0.1, 0.15) is 5.82 Å². The SMILES string of the molecule is CCc1nccn1C1CCNCC1C. The van der Waals surface area contributed by atoms with Gasteiger partial charge in [-0.15, -0.1) is 0 Å². The maximum atomic E-state index is 4.39. The highest BCUT2D eigenvalue weighted by atomic mass is 15.1. The number of hydrogen-bond donors (Lipinski definition) is 1. The Hall–Kier alpha value is -0.830. The van der Waals surface area contributed by atoms with E-state index in [0.29, 0.717) is 12.0 Å². The topological polar surface area (TPSA) is 29.9 Å². The van der Waals surface area contributed by atoms with E-state index in [-0.39, 0.29) is 0 Å². The number of nitrogens with one attached hydrogen (secondary N) is 1. The van der Waals surface area contributed by atoms with E-state index in [1.54, 1.807) is 0 Å². The molecular weight excluding hydrogens is 174 g/mol. The van der Waals surface area contributed by atoms with Crippen LogP contribution in [-0.2, 0) is 6.42 Å². The van der Waals surface area contributed by atoms with E-state index in [2.05, 4.69) is 34.9 Å². The van der Waals surface area contributed by atoms with Gasteiger partial charge in [0.2, 0.25) is 0 Å². The first-order valence-corrected chi connectivity index (χ1v) is 5.55. The minimum atomic E-state index is 0.647. The Labute approximate surface area is 85.5 Å². The number of aromatic nitrogens is 2. The summed E-state index contributed by atoms with van der Waals surface area (Å²) in [5.41, 5.74) is 0. The second kappa shape index (κ2) is 4.13. The normalized spacial score (nSPS) is 27.9. The Kier molecular flexibility index (Phi) is 2.87. The second-order valence-electron chi connectivity index (χ2n) is 4.14. The van der Waals surface area contributed by atoms with Gasteiger partial charge >= 0.3 is 0 Å². The first-order valence-electron chi connectivity index (χ1n) is 5.55. The summed E-state index contributed by atoms with van der Waals surface area (Å²) in [6, 6.07) is 0.647. The van der Waals surface area contributed by atoms with Crippen molar-refractivity contribution in [2.45, 2.75) is 32.7 Å². The molecule has 1 aliphatic heterocycles. The third kappa shape index (κ3) is 1.69. The molecule has 0 aromatic carbocycles. The molecule has 2 atom stereocenters. The highest BCUT2D eigenvalue weighted by molar-refractivity contribution is 4.97. The molecule has 14 heavy (non-hydrogen) atoms. The lowest BCUT2D eigenvalue weighted by Gasteiger charge is -2.31. The van der Waals surface area contributed by atoms with Crippen molar-refractivity contribution in [2.75, 3.05) is 13.1 Å². The fourth-order valence-electron chi connectivity index (χ4n) is 2.33. The first kappa shape index (κ1) is 9.71. The number of aryl methyl sites for hydroxylation is 1. The first-order chi connectivity index (χ1) is 6.83. The van der Waals surface area contributed by atoms with Crippen LogP contribution in [0.3, 0.4) is 0 Å². The fraction of sp³-hybridized carbons (Fsp3) is 0.727. The van der Waals surface area contributed by atoms with Crippen LogP contribution in [0.15, 0.2) is 12.4 Å². The number of imidazole rings is 1. The van der Waals surface area contributed by atoms with E-state index < -0.39 is 0 Å². The summed E-state index contributed by atoms with van der Waals surface area (Å²) in [5.74, 6) is 1.94. The maximum absolute atomic E-state index is 4.39. The maximum Gasteiger partial charge on any atom is 0.108 e. The molecule has 1 aromatic rings. The average Bonchev–Trinajstić information content (AvgIpc) is 2.66. The van der Waals surface area contributed by atoms with Crippen LogP contribution < -0.4 is 5.32 Å². The quantitative estimate of drug-likeness (QED) is 0.773. The van der Waals surface area contributed by atoms with E-state index in [9.17, 15) is 0 Å². The lowest BCUT2D eigenvalue weighted by atomic mass is 9.95. The largest absolute Gasteiger partial charge is 0.332 e. The highest BCUT2D eigenvalue weighted by Gasteiger charge is 2.23. The molecule has 0 aliphatic carbocycles. The van der Waals surface area contributed by atoms with Gasteiger partial charge in [0.25, 0.3) is 0 Å². The van der Waals surface area contributed by atoms with Crippen molar-refractivity contribution in [3.8, 4) is 0 Å². The molecule has 1 aliphatic rings. The molecule has 3 heteroatoms. The van der Waals surface area contributed by atoms with Gasteiger partial charge in [0.05, 0.1) is 0 Å². The third-order valence-corrected chi connectivity index (χ3v) is 3.16. The Balaban J connectivity index is 2.20. The lowest BCUT2D eigenvalue weighted by Crippen LogP contribution is -2.36. The highest BCUT2D eigenvalue weighted by Crippen LogP contribution is 2.25. The molecule has 0 spiro atoms. The Morgan fingerprint density at radius 3 is 3.21 bits per heavy atom. The van der Waals surface area contributed by atoms with Gasteiger partial charge < -0.3 is 9.88 Å². The third-order valence-electron chi connectivity index (χ3n) is 3.16. The molecule has 2 rings (SSSR count). The molecule has 0 radical (unpaired) electrons. The van der Waals surface area contributed by atoms with Gasteiger partial charge in [-0.3, -0.25) is 0 Å². The zero-order valence-electron chi connectivity index (χ0n) is 9.03. The molecule has 0 amide bonds. The van der Waals surface area contributed by atoms with Crippen molar-refractivity contribution in [1.29, 1.82) is 0 Å². The fourth-order valence-corrected chi connectivity index (χ4v) is 2.33. The Morgan fingerprint density at radius 1 is 1.64 bits per heavy atom. The van der Waals surface area contributed by atoms with E-state index in [4.69, 9.17) is 0 Å². The van der Waals surface area contributed by atoms with Gasteiger partial charge in [0.15, 0.2) is 0 Å². The minimum Gasteiger partial charge on any atom is -0.332 e. The summed E-state index contributed by atoms with van der Waals surface area (Å²) in [5, 5.41) is 3.43. The molecule has 2 heterocycles. The van der Waals surface area contributed by atoms with Gasteiger partial charge in [-0.2, -0.15) is 0 Å². The van der Waals surface area contributed by atoms with Gasteiger partial charge in [-0.25, -0.2) is 4.98 Å². The van der Waals surface area contributed by atoms with Crippen molar-refractivity contribution >= 4 is 0 Å². The van der Waals surface area contributed by atoms with Crippen molar-refractivity contribution in [2.24, 2.45) is 5.92 Å². The van der Waals surface area contributed by atoms with Crippen LogP contribution >= 0.6 is 0 Å². The zero-order valence-corrected chi connectivity index (χ0v) is 9.03. The molecule has 78 valence electrons. The van der Waals surface area contributed by atoms with Crippen LogP contribution in [0, 0.1) is 5.92 Å². The van der Waals surface area contributed by atoms with E-state index in [1.165, 1.54) is 12.2 Å². The standard InChI is InChI=1S/C11H19N3/c1-3-11-13-6-7-14(11)10-4-5-12-8-9(10)2/h6-7,9-10,12H,3-5,8H2,1-2H3. The number of hydrogen-bond acceptors (Lipinski definition) is 2.